The first-order chi connectivity index (χ1) is 11.0. The molecule has 0 amide bonds. The minimum Gasteiger partial charge on any atom is -0.385 e. The van der Waals surface area contributed by atoms with Gasteiger partial charge in [0.15, 0.2) is 5.96 Å². The molecular formula is C17H29ClN4O. The molecule has 1 aliphatic carbocycles. The summed E-state index contributed by atoms with van der Waals surface area (Å²) >= 11 is 6.07. The van der Waals surface area contributed by atoms with Crippen molar-refractivity contribution in [2.45, 2.75) is 32.7 Å². The number of halogens is 1. The maximum Gasteiger partial charge on any atom is 0.194 e. The fraction of sp³-hybridized carbons (Fsp3) is 0.706. The second kappa shape index (κ2) is 8.06. The number of hydrogen-bond acceptors (Lipinski definition) is 2. The fourth-order valence-corrected chi connectivity index (χ4v) is 3.01. The topological polar surface area (TPSA) is 41.8 Å². The van der Waals surface area contributed by atoms with Crippen LogP contribution in [0, 0.1) is 5.41 Å². The molecule has 0 spiro atoms. The second-order valence-electron chi connectivity index (χ2n) is 6.53. The van der Waals surface area contributed by atoms with Crippen LogP contribution in [0.2, 0.25) is 5.02 Å². The van der Waals surface area contributed by atoms with Gasteiger partial charge in [0.05, 0.1) is 11.6 Å². The molecule has 1 aromatic rings. The van der Waals surface area contributed by atoms with Gasteiger partial charge < -0.3 is 19.5 Å². The monoisotopic (exact) mass is 340 g/mol. The Kier molecular flexibility index (Phi) is 6.36. The Balaban J connectivity index is 1.99. The first-order valence-corrected chi connectivity index (χ1v) is 8.66. The molecule has 0 aromatic carbocycles. The largest absolute Gasteiger partial charge is 0.385 e. The Morgan fingerprint density at radius 3 is 2.78 bits per heavy atom. The molecule has 5 nitrogen and oxygen atoms in total. The van der Waals surface area contributed by atoms with Gasteiger partial charge >= 0.3 is 0 Å². The van der Waals surface area contributed by atoms with Crippen molar-refractivity contribution in [3.63, 3.8) is 0 Å². The molecule has 1 aromatic heterocycles. The fourth-order valence-electron chi connectivity index (χ4n) is 2.74. The zero-order valence-corrected chi connectivity index (χ0v) is 15.5. The van der Waals surface area contributed by atoms with E-state index in [1.807, 2.05) is 19.3 Å². The van der Waals surface area contributed by atoms with E-state index >= 15 is 0 Å². The van der Waals surface area contributed by atoms with Gasteiger partial charge in [-0.15, -0.1) is 0 Å². The number of ether oxygens (including phenoxy) is 1. The average Bonchev–Trinajstić information content (AvgIpc) is 3.21. The summed E-state index contributed by atoms with van der Waals surface area (Å²) in [4.78, 5) is 7.02. The molecule has 1 N–H and O–H groups in total. The lowest BCUT2D eigenvalue weighted by molar-refractivity contribution is 0.174. The lowest BCUT2D eigenvalue weighted by Crippen LogP contribution is -2.39. The van der Waals surface area contributed by atoms with E-state index in [4.69, 9.17) is 21.3 Å². The van der Waals surface area contributed by atoms with Gasteiger partial charge in [0.25, 0.3) is 0 Å². The van der Waals surface area contributed by atoms with Crippen LogP contribution in [0.4, 0.5) is 0 Å². The van der Waals surface area contributed by atoms with Crippen LogP contribution in [0.25, 0.3) is 0 Å². The van der Waals surface area contributed by atoms with Crippen LogP contribution in [0.3, 0.4) is 0 Å². The Morgan fingerprint density at radius 2 is 2.26 bits per heavy atom. The molecule has 1 saturated carbocycles. The highest BCUT2D eigenvalue weighted by Gasteiger charge is 2.41. The van der Waals surface area contributed by atoms with Gasteiger partial charge in [0.1, 0.15) is 0 Å². The molecule has 130 valence electrons. The number of nitrogens with one attached hydrogen (secondary N) is 1. The smallest absolute Gasteiger partial charge is 0.194 e. The number of guanidine groups is 1. The number of methoxy groups -OCH3 is 1. The molecule has 0 atom stereocenters. The van der Waals surface area contributed by atoms with Gasteiger partial charge in [0.2, 0.25) is 0 Å². The SMILES string of the molecule is CCNC(=NCC1(CCOC)CC1)N(C)Cc1cc(Cl)cn1C. The molecule has 23 heavy (non-hydrogen) atoms. The van der Waals surface area contributed by atoms with Crippen LogP contribution in [0.1, 0.15) is 31.9 Å². The van der Waals surface area contributed by atoms with E-state index in [0.717, 1.165) is 43.6 Å². The van der Waals surface area contributed by atoms with Crippen molar-refractivity contribution in [2.75, 3.05) is 33.9 Å². The molecule has 2 rings (SSSR count). The van der Waals surface area contributed by atoms with Crippen LogP contribution in [0.5, 0.6) is 0 Å². The maximum atomic E-state index is 6.07. The summed E-state index contributed by atoms with van der Waals surface area (Å²) in [5.41, 5.74) is 1.54. The first kappa shape index (κ1) is 18.1. The third kappa shape index (κ3) is 5.15. The number of aryl methyl sites for hydroxylation is 1. The van der Waals surface area contributed by atoms with Gasteiger partial charge in [-0.1, -0.05) is 11.6 Å². The third-order valence-electron chi connectivity index (χ3n) is 4.53. The molecule has 6 heteroatoms. The molecule has 1 aliphatic rings. The summed E-state index contributed by atoms with van der Waals surface area (Å²) < 4.78 is 7.28. The summed E-state index contributed by atoms with van der Waals surface area (Å²) in [7, 11) is 5.85. The Hall–Kier alpha value is -1.20. The van der Waals surface area contributed by atoms with E-state index in [9.17, 15) is 0 Å². The second-order valence-corrected chi connectivity index (χ2v) is 6.97. The van der Waals surface area contributed by atoms with Crippen LogP contribution < -0.4 is 5.32 Å². The zero-order chi connectivity index (χ0) is 16.9. The number of aromatic nitrogens is 1. The van der Waals surface area contributed by atoms with Crippen molar-refractivity contribution >= 4 is 17.6 Å². The highest BCUT2D eigenvalue weighted by molar-refractivity contribution is 6.30. The van der Waals surface area contributed by atoms with Crippen molar-refractivity contribution in [2.24, 2.45) is 17.5 Å². The third-order valence-corrected chi connectivity index (χ3v) is 4.73. The summed E-state index contributed by atoms with van der Waals surface area (Å²) in [6, 6.07) is 2.00. The molecule has 0 radical (unpaired) electrons. The minimum absolute atomic E-state index is 0.367. The normalized spacial score (nSPS) is 16.5. The summed E-state index contributed by atoms with van der Waals surface area (Å²) in [5.74, 6) is 0.952. The van der Waals surface area contributed by atoms with Gasteiger partial charge in [-0.3, -0.25) is 4.99 Å². The average molecular weight is 341 g/mol. The van der Waals surface area contributed by atoms with E-state index in [1.54, 1.807) is 7.11 Å². The van der Waals surface area contributed by atoms with Crippen LogP contribution in [0.15, 0.2) is 17.3 Å². The maximum absolute atomic E-state index is 6.07. The highest BCUT2D eigenvalue weighted by Crippen LogP contribution is 2.49. The summed E-state index contributed by atoms with van der Waals surface area (Å²) in [6.45, 7) is 5.43. The van der Waals surface area contributed by atoms with Crippen molar-refractivity contribution < 1.29 is 4.74 Å². The predicted molar refractivity (Wildman–Crippen MR) is 96.0 cm³/mol. The number of rotatable bonds is 8. The van der Waals surface area contributed by atoms with Crippen LogP contribution in [-0.4, -0.2) is 49.3 Å². The van der Waals surface area contributed by atoms with E-state index in [-0.39, 0.29) is 0 Å². The van der Waals surface area contributed by atoms with Gasteiger partial charge in [-0.05, 0) is 37.7 Å². The summed E-state index contributed by atoms with van der Waals surface area (Å²) in [6.07, 6.45) is 5.55. The van der Waals surface area contributed by atoms with Crippen molar-refractivity contribution in [1.29, 1.82) is 0 Å². The quantitative estimate of drug-likeness (QED) is 0.584. The van der Waals surface area contributed by atoms with Crippen molar-refractivity contribution in [1.82, 2.24) is 14.8 Å². The number of aliphatic imine (C=N–C) groups is 1. The molecule has 0 unspecified atom stereocenters. The minimum atomic E-state index is 0.367. The van der Waals surface area contributed by atoms with Gasteiger partial charge in [0, 0.05) is 52.8 Å². The Bertz CT molecular complexity index is 537. The molecular weight excluding hydrogens is 312 g/mol. The molecule has 1 heterocycles. The highest BCUT2D eigenvalue weighted by atomic mass is 35.5. The molecule has 0 aliphatic heterocycles. The van der Waals surface area contributed by atoms with Crippen molar-refractivity contribution in [3.8, 4) is 0 Å². The van der Waals surface area contributed by atoms with Gasteiger partial charge in [-0.2, -0.15) is 0 Å². The number of nitrogens with zero attached hydrogens (tertiary/aromatic N) is 3. The standard InChI is InChI=1S/C17H29ClN4O/c1-5-19-16(20-13-17(6-7-17)8-9-23-4)22(3)12-15-10-14(18)11-21(15)2/h10-11H,5-9,12-13H2,1-4H3,(H,19,20). The van der Waals surface area contributed by atoms with Crippen LogP contribution >= 0.6 is 11.6 Å². The lowest BCUT2D eigenvalue weighted by Gasteiger charge is -2.23. The van der Waals surface area contributed by atoms with E-state index in [0.29, 0.717) is 5.41 Å². The lowest BCUT2D eigenvalue weighted by atomic mass is 10.0. The van der Waals surface area contributed by atoms with E-state index in [2.05, 4.69) is 28.8 Å². The predicted octanol–water partition coefficient (Wildman–Crippen LogP) is 2.89. The Morgan fingerprint density at radius 1 is 1.52 bits per heavy atom. The zero-order valence-electron chi connectivity index (χ0n) is 14.7. The molecule has 1 fully saturated rings. The van der Waals surface area contributed by atoms with E-state index in [1.165, 1.54) is 18.5 Å². The van der Waals surface area contributed by atoms with Crippen LogP contribution in [-0.2, 0) is 18.3 Å². The first-order valence-electron chi connectivity index (χ1n) is 8.29. The Labute approximate surface area is 144 Å². The summed E-state index contributed by atoms with van der Waals surface area (Å²) in [5, 5.41) is 4.16. The number of hydrogen-bond donors (Lipinski definition) is 1. The molecule has 0 saturated heterocycles. The van der Waals surface area contributed by atoms with Crippen molar-refractivity contribution in [3.05, 3.63) is 23.0 Å². The van der Waals surface area contributed by atoms with E-state index < -0.39 is 0 Å². The van der Waals surface area contributed by atoms with Gasteiger partial charge in [-0.25, -0.2) is 0 Å². The molecule has 0 bridgehead atoms.